The van der Waals surface area contributed by atoms with E-state index in [4.69, 9.17) is 0 Å². The molecule has 12 heteroatoms. The van der Waals surface area contributed by atoms with Crippen molar-refractivity contribution in [2.24, 2.45) is 0 Å². The second kappa shape index (κ2) is 9.90. The Bertz CT molecular complexity index is 1090. The highest BCUT2D eigenvalue weighted by molar-refractivity contribution is 7.99. The van der Waals surface area contributed by atoms with Gasteiger partial charge in [0.2, 0.25) is 21.1 Å². The van der Waals surface area contributed by atoms with Crippen molar-refractivity contribution in [1.82, 2.24) is 29.4 Å². The van der Waals surface area contributed by atoms with Crippen LogP contribution in [0.25, 0.3) is 0 Å². The fourth-order valence-electron chi connectivity index (χ4n) is 3.26. The molecular weight excluding hydrogens is 456 g/mol. The van der Waals surface area contributed by atoms with Crippen LogP contribution in [0.15, 0.2) is 53.0 Å². The molecule has 1 fully saturated rings. The first-order chi connectivity index (χ1) is 15.0. The maximum atomic E-state index is 12.7. The van der Waals surface area contributed by atoms with E-state index in [1.165, 1.54) is 16.1 Å². The van der Waals surface area contributed by atoms with E-state index in [0.717, 1.165) is 10.4 Å². The molecule has 0 atom stereocenters. The molecule has 0 N–H and O–H groups in total. The highest BCUT2D eigenvalue weighted by Gasteiger charge is 2.29. The van der Waals surface area contributed by atoms with Gasteiger partial charge in [0.15, 0.2) is 0 Å². The van der Waals surface area contributed by atoms with Crippen molar-refractivity contribution in [2.75, 3.05) is 31.9 Å². The zero-order valence-corrected chi connectivity index (χ0v) is 19.2. The first-order valence-corrected chi connectivity index (χ1v) is 13.2. The minimum Gasteiger partial charge on any atom is -0.339 e. The first kappa shape index (κ1) is 21.9. The fourth-order valence-corrected chi connectivity index (χ4v) is 6.24. The Kier molecular flexibility index (Phi) is 7.00. The smallest absolute Gasteiger partial charge is 0.233 e. The highest BCUT2D eigenvalue weighted by atomic mass is 32.2. The zero-order chi connectivity index (χ0) is 21.7. The molecule has 31 heavy (non-hydrogen) atoms. The number of thiophene rings is 1. The lowest BCUT2D eigenvalue weighted by atomic mass is 10.2. The highest BCUT2D eigenvalue weighted by Crippen LogP contribution is 2.19. The number of benzene rings is 1. The normalized spacial score (nSPS) is 15.3. The summed E-state index contributed by atoms with van der Waals surface area (Å²) >= 11 is 2.92. The van der Waals surface area contributed by atoms with E-state index in [1.54, 1.807) is 33.1 Å². The van der Waals surface area contributed by atoms with Gasteiger partial charge in [-0.25, -0.2) is 13.1 Å². The summed E-state index contributed by atoms with van der Waals surface area (Å²) in [4.78, 5) is 15.5. The Morgan fingerprint density at radius 3 is 2.55 bits per heavy atom. The average molecular weight is 479 g/mol. The van der Waals surface area contributed by atoms with Crippen LogP contribution in [0.2, 0.25) is 0 Å². The topological polar surface area (TPSA) is 101 Å². The lowest BCUT2D eigenvalue weighted by Crippen LogP contribution is -2.51. The first-order valence-electron chi connectivity index (χ1n) is 9.72. The Hall–Kier alpha value is -2.28. The predicted octanol–water partition coefficient (Wildman–Crippen LogP) is 1.55. The summed E-state index contributed by atoms with van der Waals surface area (Å²) in [5.41, 5.74) is 0.762. The monoisotopic (exact) mass is 478 g/mol. The van der Waals surface area contributed by atoms with Crippen LogP contribution >= 0.6 is 23.1 Å². The number of aromatic nitrogens is 4. The largest absolute Gasteiger partial charge is 0.339 e. The molecule has 0 aliphatic carbocycles. The Balaban J connectivity index is 1.27. The predicted molar refractivity (Wildman–Crippen MR) is 119 cm³/mol. The summed E-state index contributed by atoms with van der Waals surface area (Å²) < 4.78 is 28.5. The molecule has 0 saturated carbocycles. The van der Waals surface area contributed by atoms with E-state index >= 15 is 0 Å². The van der Waals surface area contributed by atoms with Gasteiger partial charge >= 0.3 is 0 Å². The van der Waals surface area contributed by atoms with Crippen LogP contribution in [0, 0.1) is 0 Å². The van der Waals surface area contributed by atoms with Crippen LogP contribution in [0.1, 0.15) is 10.4 Å². The van der Waals surface area contributed by atoms with Crippen molar-refractivity contribution >= 4 is 39.0 Å². The maximum Gasteiger partial charge on any atom is 0.233 e. The molecule has 1 saturated heterocycles. The molecule has 1 amide bonds. The zero-order valence-electron chi connectivity index (χ0n) is 16.7. The molecule has 1 aliphatic rings. The number of amides is 1. The molecule has 2 aromatic heterocycles. The number of nitrogens with zero attached hydrogens (tertiary/aromatic N) is 6. The summed E-state index contributed by atoms with van der Waals surface area (Å²) in [7, 11) is -3.40. The molecule has 0 bridgehead atoms. The van der Waals surface area contributed by atoms with Crippen molar-refractivity contribution in [3.8, 4) is 0 Å². The number of rotatable bonds is 8. The second-order valence-electron chi connectivity index (χ2n) is 7.01. The van der Waals surface area contributed by atoms with Gasteiger partial charge in [-0.3, -0.25) is 4.79 Å². The fraction of sp³-hybridized carbons (Fsp3) is 0.368. The van der Waals surface area contributed by atoms with Gasteiger partial charge in [0.1, 0.15) is 0 Å². The Labute approximate surface area is 189 Å². The maximum absolute atomic E-state index is 12.7. The van der Waals surface area contributed by atoms with Gasteiger partial charge in [-0.2, -0.15) is 4.31 Å². The van der Waals surface area contributed by atoms with Crippen molar-refractivity contribution in [1.29, 1.82) is 0 Å². The van der Waals surface area contributed by atoms with Crippen LogP contribution in [-0.2, 0) is 27.1 Å². The minimum atomic E-state index is -3.40. The summed E-state index contributed by atoms with van der Waals surface area (Å²) in [5.74, 6) is 0.141. The number of piperazine rings is 1. The van der Waals surface area contributed by atoms with Crippen molar-refractivity contribution < 1.29 is 13.2 Å². The van der Waals surface area contributed by atoms with E-state index < -0.39 is 10.0 Å². The van der Waals surface area contributed by atoms with Gasteiger partial charge in [0, 0.05) is 31.1 Å². The van der Waals surface area contributed by atoms with Crippen LogP contribution in [0.4, 0.5) is 0 Å². The van der Waals surface area contributed by atoms with Gasteiger partial charge in [-0.15, -0.1) is 16.4 Å². The third-order valence-corrected chi connectivity index (χ3v) is 8.54. The molecular formula is C19H22N6O3S3. The van der Waals surface area contributed by atoms with Crippen molar-refractivity contribution in [3.05, 3.63) is 58.3 Å². The lowest BCUT2D eigenvalue weighted by molar-refractivity contribution is -0.129. The van der Waals surface area contributed by atoms with E-state index in [0.29, 0.717) is 37.9 Å². The van der Waals surface area contributed by atoms with Gasteiger partial charge in [0.25, 0.3) is 0 Å². The third-order valence-electron chi connectivity index (χ3n) is 4.89. The number of carbonyl (C=O) groups excluding carboxylic acids is 1. The van der Waals surface area contributed by atoms with Crippen LogP contribution in [0.3, 0.4) is 0 Å². The molecule has 0 unspecified atom stereocenters. The minimum absolute atomic E-state index is 0.0233. The molecule has 9 nitrogen and oxygen atoms in total. The van der Waals surface area contributed by atoms with E-state index in [2.05, 4.69) is 15.5 Å². The molecule has 0 radical (unpaired) electrons. The Morgan fingerprint density at radius 2 is 1.84 bits per heavy atom. The van der Waals surface area contributed by atoms with Gasteiger partial charge in [-0.05, 0) is 27.4 Å². The van der Waals surface area contributed by atoms with Crippen LogP contribution < -0.4 is 0 Å². The number of thioether (sulfide) groups is 1. The molecule has 1 aromatic carbocycles. The van der Waals surface area contributed by atoms with Gasteiger partial charge in [-0.1, -0.05) is 48.2 Å². The number of tetrazole rings is 1. The second-order valence-corrected chi connectivity index (χ2v) is 11.0. The standard InChI is InChI=1S/C19H22N6O3S3/c26-18(14-30-19-20-21-22-25(19)13-17-7-4-12-29-17)23-8-10-24(11-9-23)31(27,28)15-16-5-2-1-3-6-16/h1-7,12H,8-11,13-15H2. The molecule has 3 aromatic rings. The van der Waals surface area contributed by atoms with Crippen molar-refractivity contribution in [3.63, 3.8) is 0 Å². The molecule has 0 spiro atoms. The summed E-state index contributed by atoms with van der Waals surface area (Å²) in [6.45, 7) is 1.95. The van der Waals surface area contributed by atoms with E-state index in [1.807, 2.05) is 35.7 Å². The third kappa shape index (κ3) is 5.70. The van der Waals surface area contributed by atoms with Crippen LogP contribution in [-0.4, -0.2) is 75.7 Å². The van der Waals surface area contributed by atoms with E-state index in [9.17, 15) is 13.2 Å². The number of sulfonamides is 1. The van der Waals surface area contributed by atoms with Gasteiger partial charge in [0.05, 0.1) is 18.1 Å². The lowest BCUT2D eigenvalue weighted by Gasteiger charge is -2.34. The van der Waals surface area contributed by atoms with Gasteiger partial charge < -0.3 is 4.90 Å². The number of carbonyl (C=O) groups is 1. The number of hydrogen-bond acceptors (Lipinski definition) is 8. The summed E-state index contributed by atoms with van der Waals surface area (Å²) in [5, 5.41) is 14.3. The number of hydrogen-bond donors (Lipinski definition) is 0. The molecule has 3 heterocycles. The Morgan fingerprint density at radius 1 is 1.06 bits per heavy atom. The molecule has 1 aliphatic heterocycles. The average Bonchev–Trinajstić information content (AvgIpc) is 3.45. The molecule has 164 valence electrons. The van der Waals surface area contributed by atoms with E-state index in [-0.39, 0.29) is 17.4 Å². The SMILES string of the molecule is O=C(CSc1nnnn1Cc1cccs1)N1CCN(S(=O)(=O)Cc2ccccc2)CC1. The van der Waals surface area contributed by atoms with Crippen LogP contribution in [0.5, 0.6) is 0 Å². The summed E-state index contributed by atoms with van der Waals surface area (Å²) in [6, 6.07) is 13.1. The molecule has 4 rings (SSSR count). The quantitative estimate of drug-likeness (QED) is 0.453. The van der Waals surface area contributed by atoms with Crippen molar-refractivity contribution in [2.45, 2.75) is 17.5 Å². The summed E-state index contributed by atoms with van der Waals surface area (Å²) in [6.07, 6.45) is 0.